The number of rotatable bonds is 4. The van der Waals surface area contributed by atoms with Gasteiger partial charge in [0.1, 0.15) is 5.75 Å². The number of ether oxygens (including phenoxy) is 1. The molecular formula is C15H10Cl2N2O4. The first-order valence-corrected chi connectivity index (χ1v) is 7.28. The molecule has 0 aliphatic carbocycles. The molecule has 3 aromatic rings. The van der Waals surface area contributed by atoms with Crippen LogP contribution in [0.2, 0.25) is 10.0 Å². The van der Waals surface area contributed by atoms with E-state index in [2.05, 4.69) is 10.3 Å². The SMILES string of the molecule is O=C(COc1ccc(Cl)cc1Cl)Nc1cccc2[nH]c(=O)oc12. The van der Waals surface area contributed by atoms with E-state index >= 15 is 0 Å². The molecule has 0 saturated heterocycles. The first-order chi connectivity index (χ1) is 11.0. The van der Waals surface area contributed by atoms with Crippen LogP contribution in [0.15, 0.2) is 45.6 Å². The second-order valence-corrected chi connectivity index (χ2v) is 5.45. The topological polar surface area (TPSA) is 84.3 Å². The molecule has 0 saturated carbocycles. The summed E-state index contributed by atoms with van der Waals surface area (Å²) in [4.78, 5) is 25.7. The molecule has 0 atom stereocenters. The first-order valence-electron chi connectivity index (χ1n) is 6.52. The minimum atomic E-state index is -0.592. The monoisotopic (exact) mass is 352 g/mol. The molecule has 0 radical (unpaired) electrons. The molecule has 0 aliphatic rings. The number of benzene rings is 2. The zero-order chi connectivity index (χ0) is 16.4. The molecule has 0 fully saturated rings. The highest BCUT2D eigenvalue weighted by molar-refractivity contribution is 6.35. The number of fused-ring (bicyclic) bond motifs is 1. The molecule has 118 valence electrons. The smallest absolute Gasteiger partial charge is 0.417 e. The van der Waals surface area contributed by atoms with E-state index in [-0.39, 0.29) is 12.2 Å². The highest BCUT2D eigenvalue weighted by atomic mass is 35.5. The second-order valence-electron chi connectivity index (χ2n) is 4.61. The maximum absolute atomic E-state index is 12.0. The molecular weight excluding hydrogens is 343 g/mol. The van der Waals surface area contributed by atoms with E-state index in [9.17, 15) is 9.59 Å². The zero-order valence-corrected chi connectivity index (χ0v) is 13.1. The number of H-pyrrole nitrogens is 1. The highest BCUT2D eigenvalue weighted by Gasteiger charge is 2.11. The molecule has 0 spiro atoms. The van der Waals surface area contributed by atoms with Crippen molar-refractivity contribution in [1.82, 2.24) is 4.98 Å². The van der Waals surface area contributed by atoms with Crippen LogP contribution in [-0.2, 0) is 4.79 Å². The van der Waals surface area contributed by atoms with Crippen LogP contribution in [0.1, 0.15) is 0 Å². The molecule has 6 nitrogen and oxygen atoms in total. The van der Waals surface area contributed by atoms with Crippen LogP contribution in [0.4, 0.5) is 5.69 Å². The number of halogens is 2. The lowest BCUT2D eigenvalue weighted by atomic mass is 10.3. The van der Waals surface area contributed by atoms with Crippen molar-refractivity contribution in [3.63, 3.8) is 0 Å². The number of amides is 1. The number of carbonyl (C=O) groups is 1. The quantitative estimate of drug-likeness (QED) is 0.753. The Hall–Kier alpha value is -2.44. The summed E-state index contributed by atoms with van der Waals surface area (Å²) in [6.07, 6.45) is 0. The van der Waals surface area contributed by atoms with Crippen molar-refractivity contribution in [3.8, 4) is 5.75 Å². The lowest BCUT2D eigenvalue weighted by molar-refractivity contribution is -0.118. The molecule has 23 heavy (non-hydrogen) atoms. The predicted octanol–water partition coefficient (Wildman–Crippen LogP) is 3.45. The molecule has 2 N–H and O–H groups in total. The van der Waals surface area contributed by atoms with Crippen LogP contribution in [0.25, 0.3) is 11.1 Å². The maximum atomic E-state index is 12.0. The van der Waals surface area contributed by atoms with Gasteiger partial charge in [-0.25, -0.2) is 4.79 Å². The highest BCUT2D eigenvalue weighted by Crippen LogP contribution is 2.27. The number of carbonyl (C=O) groups excluding carboxylic acids is 1. The lowest BCUT2D eigenvalue weighted by Crippen LogP contribution is -2.20. The van der Waals surface area contributed by atoms with Crippen LogP contribution in [0.3, 0.4) is 0 Å². The molecule has 8 heteroatoms. The standard InChI is InChI=1S/C15H10Cl2N2O4/c16-8-4-5-12(9(17)6-8)22-7-13(20)18-10-2-1-3-11-14(10)23-15(21)19-11/h1-6H,7H2,(H,18,20)(H,19,21). The van der Waals surface area contributed by atoms with Crippen LogP contribution >= 0.6 is 23.2 Å². The van der Waals surface area contributed by atoms with Gasteiger partial charge >= 0.3 is 5.76 Å². The van der Waals surface area contributed by atoms with E-state index in [1.807, 2.05) is 0 Å². The first kappa shape index (κ1) is 15.5. The van der Waals surface area contributed by atoms with Gasteiger partial charge in [-0.2, -0.15) is 0 Å². The van der Waals surface area contributed by atoms with E-state index in [0.717, 1.165) is 0 Å². The van der Waals surface area contributed by atoms with Gasteiger partial charge in [0, 0.05) is 5.02 Å². The summed E-state index contributed by atoms with van der Waals surface area (Å²) in [5.74, 6) is -0.670. The number of anilines is 1. The third-order valence-corrected chi connectivity index (χ3v) is 3.50. The van der Waals surface area contributed by atoms with Gasteiger partial charge in [0.25, 0.3) is 5.91 Å². The second kappa shape index (κ2) is 6.36. The molecule has 0 unspecified atom stereocenters. The summed E-state index contributed by atoms with van der Waals surface area (Å²) in [6, 6.07) is 9.66. The third-order valence-electron chi connectivity index (χ3n) is 2.97. The van der Waals surface area contributed by atoms with Gasteiger partial charge in [0.2, 0.25) is 0 Å². The minimum Gasteiger partial charge on any atom is -0.482 e. The molecule has 2 aromatic carbocycles. The lowest BCUT2D eigenvalue weighted by Gasteiger charge is -2.09. The van der Waals surface area contributed by atoms with Crippen LogP contribution in [0.5, 0.6) is 5.75 Å². The van der Waals surface area contributed by atoms with Crippen molar-refractivity contribution in [2.45, 2.75) is 0 Å². The van der Waals surface area contributed by atoms with Gasteiger partial charge in [0.05, 0.1) is 16.2 Å². The average Bonchev–Trinajstić information content (AvgIpc) is 2.88. The Morgan fingerprint density at radius 3 is 2.87 bits per heavy atom. The fourth-order valence-corrected chi connectivity index (χ4v) is 2.46. The van der Waals surface area contributed by atoms with Crippen molar-refractivity contribution in [1.29, 1.82) is 0 Å². The van der Waals surface area contributed by atoms with Crippen molar-refractivity contribution in [3.05, 3.63) is 57.0 Å². The zero-order valence-electron chi connectivity index (χ0n) is 11.6. The normalized spacial score (nSPS) is 10.7. The fourth-order valence-electron chi connectivity index (χ4n) is 1.99. The number of para-hydroxylation sites is 1. The Bertz CT molecular complexity index is 933. The van der Waals surface area contributed by atoms with Gasteiger partial charge in [0.15, 0.2) is 12.2 Å². The largest absolute Gasteiger partial charge is 0.482 e. The van der Waals surface area contributed by atoms with E-state index in [1.54, 1.807) is 30.3 Å². The van der Waals surface area contributed by atoms with Crippen LogP contribution in [-0.4, -0.2) is 17.5 Å². The predicted molar refractivity (Wildman–Crippen MR) is 87.4 cm³/mol. The Morgan fingerprint density at radius 2 is 2.09 bits per heavy atom. The number of hydrogen-bond acceptors (Lipinski definition) is 4. The van der Waals surface area contributed by atoms with Crippen molar-refractivity contribution < 1.29 is 13.9 Å². The van der Waals surface area contributed by atoms with E-state index < -0.39 is 11.7 Å². The fraction of sp³-hybridized carbons (Fsp3) is 0.0667. The van der Waals surface area contributed by atoms with Crippen LogP contribution < -0.4 is 15.8 Å². The van der Waals surface area contributed by atoms with Crippen molar-refractivity contribution >= 4 is 45.9 Å². The molecule has 1 aromatic heterocycles. The summed E-state index contributed by atoms with van der Waals surface area (Å²) < 4.78 is 10.3. The number of oxazole rings is 1. The number of nitrogens with one attached hydrogen (secondary N) is 2. The summed E-state index contributed by atoms with van der Waals surface area (Å²) in [5.41, 5.74) is 1.14. The van der Waals surface area contributed by atoms with Gasteiger partial charge < -0.3 is 14.5 Å². The summed E-state index contributed by atoms with van der Waals surface area (Å²) in [5, 5.41) is 3.40. The molecule has 0 bridgehead atoms. The van der Waals surface area contributed by atoms with Gasteiger partial charge in [-0.3, -0.25) is 9.78 Å². The Labute approximate surface area is 140 Å². The number of hydrogen-bond donors (Lipinski definition) is 2. The van der Waals surface area contributed by atoms with Gasteiger partial charge in [-0.15, -0.1) is 0 Å². The van der Waals surface area contributed by atoms with E-state index in [1.165, 1.54) is 6.07 Å². The summed E-state index contributed by atoms with van der Waals surface area (Å²) in [6.45, 7) is -0.258. The number of aromatic amines is 1. The molecule has 1 amide bonds. The van der Waals surface area contributed by atoms with Gasteiger partial charge in [-0.05, 0) is 30.3 Å². The third kappa shape index (κ3) is 3.49. The van der Waals surface area contributed by atoms with Crippen LogP contribution in [0, 0.1) is 0 Å². The molecule has 3 rings (SSSR count). The van der Waals surface area contributed by atoms with Crippen molar-refractivity contribution in [2.75, 3.05) is 11.9 Å². The minimum absolute atomic E-state index is 0.258. The summed E-state index contributed by atoms with van der Waals surface area (Å²) in [7, 11) is 0. The maximum Gasteiger partial charge on any atom is 0.417 e. The Balaban J connectivity index is 1.70. The van der Waals surface area contributed by atoms with Gasteiger partial charge in [-0.1, -0.05) is 29.3 Å². The Kier molecular flexibility index (Phi) is 4.27. The molecule has 1 heterocycles. The van der Waals surface area contributed by atoms with E-state index in [4.69, 9.17) is 32.4 Å². The van der Waals surface area contributed by atoms with Crippen molar-refractivity contribution in [2.24, 2.45) is 0 Å². The molecule has 0 aliphatic heterocycles. The average molecular weight is 353 g/mol. The van der Waals surface area contributed by atoms with E-state index in [0.29, 0.717) is 27.0 Å². The Morgan fingerprint density at radius 1 is 1.26 bits per heavy atom. The summed E-state index contributed by atoms with van der Waals surface area (Å²) >= 11 is 11.7. The number of aromatic nitrogens is 1.